The molecule has 0 unspecified atom stereocenters. The largest absolute Gasteiger partial charge is 0.492 e. The molecule has 3 heteroatoms. The van der Waals surface area contributed by atoms with E-state index in [-0.39, 0.29) is 0 Å². The lowest BCUT2D eigenvalue weighted by atomic mass is 10.0. The average Bonchev–Trinajstić information content (AvgIpc) is 2.71. The minimum atomic E-state index is 0.633. The Bertz CT molecular complexity index is 901. The molecule has 0 aliphatic rings. The van der Waals surface area contributed by atoms with Gasteiger partial charge in [0.05, 0.1) is 6.54 Å². The molecular weight excluding hydrogens is 410 g/mol. The molecule has 0 aromatic heterocycles. The Kier molecular flexibility index (Phi) is 7.32. The van der Waals surface area contributed by atoms with Crippen LogP contribution in [-0.4, -0.2) is 19.7 Å². The lowest BCUT2D eigenvalue weighted by Gasteiger charge is -2.23. The molecule has 0 bridgehead atoms. The lowest BCUT2D eigenvalue weighted by molar-refractivity contribution is 0.325. The maximum atomic E-state index is 6.00. The Hall–Kier alpha value is -2.52. The third-order valence-corrected chi connectivity index (χ3v) is 5.10. The fourth-order valence-corrected chi connectivity index (χ4v) is 3.38. The van der Waals surface area contributed by atoms with Gasteiger partial charge in [-0.25, -0.2) is 0 Å². The summed E-state index contributed by atoms with van der Waals surface area (Å²) in [5.41, 5.74) is 4.89. The fraction of sp³-hybridized carbons (Fsp3) is 0.200. The van der Waals surface area contributed by atoms with Crippen LogP contribution in [0.5, 0.6) is 5.75 Å². The molecule has 0 radical (unpaired) electrons. The fourth-order valence-electron chi connectivity index (χ4n) is 2.99. The molecule has 3 aromatic carbocycles. The van der Waals surface area contributed by atoms with Crippen molar-refractivity contribution in [3.63, 3.8) is 0 Å². The van der Waals surface area contributed by atoms with Crippen LogP contribution < -0.4 is 9.64 Å². The van der Waals surface area contributed by atoms with E-state index >= 15 is 0 Å². The van der Waals surface area contributed by atoms with Gasteiger partial charge in [-0.2, -0.15) is 0 Å². The molecule has 0 fully saturated rings. The van der Waals surface area contributed by atoms with E-state index < -0.39 is 0 Å². The van der Waals surface area contributed by atoms with Crippen molar-refractivity contribution in [1.82, 2.24) is 0 Å². The lowest BCUT2D eigenvalue weighted by Crippen LogP contribution is -2.28. The van der Waals surface area contributed by atoms with Crippen molar-refractivity contribution in [2.75, 3.05) is 24.6 Å². The van der Waals surface area contributed by atoms with Crippen LogP contribution in [0.4, 0.5) is 5.69 Å². The number of aryl methyl sites for hydroxylation is 1. The number of ether oxygens (including phenoxy) is 1. The van der Waals surface area contributed by atoms with E-state index in [1.807, 2.05) is 25.1 Å². The molecule has 0 aliphatic heterocycles. The summed E-state index contributed by atoms with van der Waals surface area (Å²) in [6.45, 7) is 6.47. The molecule has 0 atom stereocenters. The van der Waals surface area contributed by atoms with Gasteiger partial charge in [0.15, 0.2) is 0 Å². The zero-order chi connectivity index (χ0) is 19.8. The minimum Gasteiger partial charge on any atom is -0.492 e. The molecule has 0 aliphatic carbocycles. The number of allylic oxidation sites excluding steroid dienone is 1. The van der Waals surface area contributed by atoms with Crippen molar-refractivity contribution in [2.45, 2.75) is 13.8 Å². The molecule has 3 rings (SSSR count). The summed E-state index contributed by atoms with van der Waals surface area (Å²) in [5, 5.41) is 0. The topological polar surface area (TPSA) is 12.5 Å². The molecule has 144 valence electrons. The second kappa shape index (κ2) is 10.1. The molecule has 0 saturated carbocycles. The quantitative estimate of drug-likeness (QED) is 0.357. The number of benzene rings is 3. The van der Waals surface area contributed by atoms with Crippen molar-refractivity contribution >= 4 is 21.6 Å². The van der Waals surface area contributed by atoms with E-state index in [9.17, 15) is 0 Å². The Balaban J connectivity index is 1.59. The average molecular weight is 436 g/mol. The molecule has 2 nitrogen and oxygen atoms in total. The second-order valence-corrected chi connectivity index (χ2v) is 7.65. The second-order valence-electron chi connectivity index (χ2n) is 6.73. The summed E-state index contributed by atoms with van der Waals surface area (Å²) in [4.78, 5) is 2.31. The summed E-state index contributed by atoms with van der Waals surface area (Å²) in [5.74, 6) is 0.899. The minimum absolute atomic E-state index is 0.633. The van der Waals surface area contributed by atoms with E-state index in [0.29, 0.717) is 6.61 Å². The van der Waals surface area contributed by atoms with Crippen LogP contribution in [0.25, 0.3) is 11.1 Å². The highest BCUT2D eigenvalue weighted by molar-refractivity contribution is 9.10. The standard InChI is InChI=1S/C25H26BrNO/c1-3-4-16-27(24-7-5-6-23(26)19-24)17-18-28-25-14-12-22(13-15-25)21-10-8-20(2)9-11-21/h3-15,19H,16-18H2,1-2H3. The van der Waals surface area contributed by atoms with Crippen molar-refractivity contribution < 1.29 is 4.74 Å². The predicted molar refractivity (Wildman–Crippen MR) is 123 cm³/mol. The Labute approximate surface area is 176 Å². The number of anilines is 1. The zero-order valence-corrected chi connectivity index (χ0v) is 18.0. The summed E-state index contributed by atoms with van der Waals surface area (Å²) in [6, 6.07) is 25.3. The van der Waals surface area contributed by atoms with Crippen LogP contribution in [0.3, 0.4) is 0 Å². The predicted octanol–water partition coefficient (Wildman–Crippen LogP) is 6.89. The van der Waals surface area contributed by atoms with Gasteiger partial charge in [-0.05, 0) is 55.3 Å². The van der Waals surface area contributed by atoms with Gasteiger partial charge in [-0.3, -0.25) is 0 Å². The molecule has 0 amide bonds. The van der Waals surface area contributed by atoms with Crippen LogP contribution >= 0.6 is 15.9 Å². The van der Waals surface area contributed by atoms with Gasteiger partial charge < -0.3 is 9.64 Å². The van der Waals surface area contributed by atoms with Gasteiger partial charge in [0.1, 0.15) is 12.4 Å². The van der Waals surface area contributed by atoms with Crippen molar-refractivity contribution in [2.24, 2.45) is 0 Å². The number of hydrogen-bond acceptors (Lipinski definition) is 2. The van der Waals surface area contributed by atoms with Gasteiger partial charge >= 0.3 is 0 Å². The summed E-state index contributed by atoms with van der Waals surface area (Å²) < 4.78 is 7.09. The third kappa shape index (κ3) is 5.74. The number of nitrogens with zero attached hydrogens (tertiary/aromatic N) is 1. The maximum absolute atomic E-state index is 6.00. The van der Waals surface area contributed by atoms with Gasteiger partial charge in [0.25, 0.3) is 0 Å². The van der Waals surface area contributed by atoms with Gasteiger partial charge in [0.2, 0.25) is 0 Å². The first-order valence-corrected chi connectivity index (χ1v) is 10.4. The van der Waals surface area contributed by atoms with E-state index in [0.717, 1.165) is 23.3 Å². The van der Waals surface area contributed by atoms with Crippen LogP contribution in [0.2, 0.25) is 0 Å². The van der Waals surface area contributed by atoms with Crippen LogP contribution in [0.15, 0.2) is 89.4 Å². The summed E-state index contributed by atoms with van der Waals surface area (Å²) in [6.07, 6.45) is 4.24. The van der Waals surface area contributed by atoms with Crippen molar-refractivity contribution in [1.29, 1.82) is 0 Å². The molecule has 0 spiro atoms. The zero-order valence-electron chi connectivity index (χ0n) is 16.4. The summed E-state index contributed by atoms with van der Waals surface area (Å²) >= 11 is 3.56. The van der Waals surface area contributed by atoms with E-state index in [2.05, 4.69) is 94.5 Å². The van der Waals surface area contributed by atoms with Gasteiger partial charge in [-0.15, -0.1) is 0 Å². The van der Waals surface area contributed by atoms with Crippen LogP contribution in [0, 0.1) is 6.92 Å². The molecule has 0 heterocycles. The highest BCUT2D eigenvalue weighted by Gasteiger charge is 2.06. The molecule has 0 N–H and O–H groups in total. The molecular formula is C25H26BrNO. The SMILES string of the molecule is CC=CCN(CCOc1ccc(-c2ccc(C)cc2)cc1)c1cccc(Br)c1. The van der Waals surface area contributed by atoms with Gasteiger partial charge in [-0.1, -0.05) is 76.1 Å². The maximum Gasteiger partial charge on any atom is 0.119 e. The number of halogens is 1. The first-order valence-electron chi connectivity index (χ1n) is 9.57. The van der Waals surface area contributed by atoms with E-state index in [4.69, 9.17) is 4.74 Å². The van der Waals surface area contributed by atoms with Gasteiger partial charge in [0, 0.05) is 16.7 Å². The summed E-state index contributed by atoms with van der Waals surface area (Å²) in [7, 11) is 0. The van der Waals surface area contributed by atoms with Crippen LogP contribution in [-0.2, 0) is 0 Å². The molecule has 28 heavy (non-hydrogen) atoms. The van der Waals surface area contributed by atoms with E-state index in [1.54, 1.807) is 0 Å². The number of hydrogen-bond donors (Lipinski definition) is 0. The Morgan fingerprint density at radius 2 is 1.61 bits per heavy atom. The third-order valence-electron chi connectivity index (χ3n) is 4.60. The molecule has 3 aromatic rings. The number of rotatable bonds is 8. The first-order chi connectivity index (χ1) is 13.7. The van der Waals surface area contributed by atoms with Crippen molar-refractivity contribution in [3.05, 3.63) is 95.0 Å². The highest BCUT2D eigenvalue weighted by Crippen LogP contribution is 2.23. The normalized spacial score (nSPS) is 11.0. The Morgan fingerprint density at radius 1 is 0.929 bits per heavy atom. The molecule has 0 saturated heterocycles. The Morgan fingerprint density at radius 3 is 2.25 bits per heavy atom. The van der Waals surface area contributed by atoms with E-state index in [1.165, 1.54) is 22.4 Å². The smallest absolute Gasteiger partial charge is 0.119 e. The van der Waals surface area contributed by atoms with Crippen molar-refractivity contribution in [3.8, 4) is 16.9 Å². The monoisotopic (exact) mass is 435 g/mol. The first kappa shape index (κ1) is 20.2. The highest BCUT2D eigenvalue weighted by atomic mass is 79.9. The van der Waals surface area contributed by atoms with Crippen LogP contribution in [0.1, 0.15) is 12.5 Å².